The third-order valence-electron chi connectivity index (χ3n) is 3.01. The monoisotopic (exact) mass is 327 g/mol. The molecule has 124 valence electrons. The van der Waals surface area contributed by atoms with E-state index in [1.54, 1.807) is 6.07 Å². The molecule has 0 aliphatic rings. The van der Waals surface area contributed by atoms with Gasteiger partial charge in [-0.15, -0.1) is 0 Å². The van der Waals surface area contributed by atoms with Crippen molar-refractivity contribution in [1.29, 1.82) is 0 Å². The maximum absolute atomic E-state index is 11.3. The number of carbonyl (C=O) groups is 2. The molecule has 0 saturated heterocycles. The van der Waals surface area contributed by atoms with E-state index in [2.05, 4.69) is 31.8 Å². The zero-order valence-electron chi connectivity index (χ0n) is 14.0. The van der Waals surface area contributed by atoms with Crippen molar-refractivity contribution in [3.63, 3.8) is 0 Å². The van der Waals surface area contributed by atoms with E-state index in [1.807, 2.05) is 12.1 Å². The first-order valence-electron chi connectivity index (χ1n) is 7.16. The van der Waals surface area contributed by atoms with E-state index in [0.717, 1.165) is 40.8 Å². The summed E-state index contributed by atoms with van der Waals surface area (Å²) in [7, 11) is 6.47. The fraction of sp³-hybridized carbons (Fsp3) is 0.500. The lowest BCUT2D eigenvalue weighted by Crippen LogP contribution is -3.00. The van der Waals surface area contributed by atoms with Gasteiger partial charge in [0, 0.05) is 31.6 Å². The molecule has 0 heterocycles. The predicted molar refractivity (Wildman–Crippen MR) is 86.3 cm³/mol. The second-order valence-electron chi connectivity index (χ2n) is 6.35. The highest BCUT2D eigenvalue weighted by Crippen LogP contribution is 2.22. The number of hydrogen-bond acceptors (Lipinski definition) is 2. The van der Waals surface area contributed by atoms with Crippen LogP contribution in [0.4, 0.5) is 11.4 Å². The lowest BCUT2D eigenvalue weighted by molar-refractivity contribution is -0.870. The van der Waals surface area contributed by atoms with Crippen LogP contribution >= 0.6 is 0 Å². The highest BCUT2D eigenvalue weighted by Gasteiger charge is 2.10. The minimum absolute atomic E-state index is 0. The van der Waals surface area contributed by atoms with Crippen LogP contribution in [0.1, 0.15) is 25.8 Å². The van der Waals surface area contributed by atoms with Crippen molar-refractivity contribution >= 4 is 23.2 Å². The number of rotatable bonds is 6. The average Bonchev–Trinajstić information content (AvgIpc) is 2.29. The Balaban J connectivity index is 0.00000441. The van der Waals surface area contributed by atoms with Gasteiger partial charge in [0.15, 0.2) is 0 Å². The zero-order valence-corrected chi connectivity index (χ0v) is 14.8. The molecule has 0 aliphatic heterocycles. The molecule has 0 atom stereocenters. The summed E-state index contributed by atoms with van der Waals surface area (Å²) in [5, 5.41) is 5.62. The first-order chi connectivity index (χ1) is 9.67. The number of hydrogen-bond donors (Lipinski definition) is 2. The fourth-order valence-electron chi connectivity index (χ4n) is 2.14. The van der Waals surface area contributed by atoms with E-state index in [-0.39, 0.29) is 24.2 Å². The summed E-state index contributed by atoms with van der Waals surface area (Å²) in [5.74, 6) is -0.185. The number of benzene rings is 1. The molecule has 2 N–H and O–H groups in total. The summed E-state index contributed by atoms with van der Waals surface area (Å²) in [5.41, 5.74) is 2.62. The molecule has 1 rings (SSSR count). The standard InChI is InChI=1S/C16H25N3O2.ClH/c1-12(20)17-15-8-9-16(18-13(2)21)14(11-15)7-6-10-19(3,4)5;/h8-9,11H,6-7,10H2,1-5H3,(H-,17,18,20,21);1H. The summed E-state index contributed by atoms with van der Waals surface area (Å²) in [6.07, 6.45) is 1.87. The van der Waals surface area contributed by atoms with Gasteiger partial charge < -0.3 is 27.5 Å². The van der Waals surface area contributed by atoms with Gasteiger partial charge in [-0.1, -0.05) is 0 Å². The van der Waals surface area contributed by atoms with Gasteiger partial charge in [-0.2, -0.15) is 0 Å². The quantitative estimate of drug-likeness (QED) is 0.675. The molecular weight excluding hydrogens is 302 g/mol. The third kappa shape index (κ3) is 8.00. The van der Waals surface area contributed by atoms with Gasteiger partial charge in [0.05, 0.1) is 27.7 Å². The van der Waals surface area contributed by atoms with E-state index in [4.69, 9.17) is 0 Å². The van der Waals surface area contributed by atoms with E-state index in [9.17, 15) is 9.59 Å². The molecule has 6 heteroatoms. The van der Waals surface area contributed by atoms with Gasteiger partial charge in [-0.05, 0) is 30.2 Å². The van der Waals surface area contributed by atoms with Gasteiger partial charge in [0.2, 0.25) is 11.8 Å². The molecule has 1 aromatic rings. The number of aryl methyl sites for hydroxylation is 1. The minimum Gasteiger partial charge on any atom is -1.00 e. The lowest BCUT2D eigenvalue weighted by atomic mass is 10.1. The average molecular weight is 328 g/mol. The Morgan fingerprint density at radius 2 is 1.64 bits per heavy atom. The van der Waals surface area contributed by atoms with E-state index < -0.39 is 0 Å². The largest absolute Gasteiger partial charge is 1.00 e. The molecule has 0 radical (unpaired) electrons. The second kappa shape index (κ2) is 8.76. The number of carbonyl (C=O) groups excluding carboxylic acids is 2. The molecule has 0 unspecified atom stereocenters. The maximum Gasteiger partial charge on any atom is 0.221 e. The molecule has 2 amide bonds. The molecule has 22 heavy (non-hydrogen) atoms. The number of anilines is 2. The second-order valence-corrected chi connectivity index (χ2v) is 6.35. The number of nitrogens with one attached hydrogen (secondary N) is 2. The van der Waals surface area contributed by atoms with Gasteiger partial charge in [0.25, 0.3) is 0 Å². The van der Waals surface area contributed by atoms with Crippen LogP contribution in [0.15, 0.2) is 18.2 Å². The van der Waals surface area contributed by atoms with Crippen LogP contribution in [0, 0.1) is 0 Å². The summed E-state index contributed by atoms with van der Waals surface area (Å²) in [6, 6.07) is 5.58. The summed E-state index contributed by atoms with van der Waals surface area (Å²) in [6.45, 7) is 4.03. The Labute approximate surface area is 139 Å². The van der Waals surface area contributed by atoms with Crippen LogP contribution in [0.25, 0.3) is 0 Å². The maximum atomic E-state index is 11.3. The molecule has 0 saturated carbocycles. The SMILES string of the molecule is CC(=O)Nc1ccc(NC(C)=O)c(CCC[N+](C)(C)C)c1.[Cl-]. The zero-order chi connectivity index (χ0) is 16.0. The van der Waals surface area contributed by atoms with Crippen molar-refractivity contribution in [3.8, 4) is 0 Å². The summed E-state index contributed by atoms with van der Waals surface area (Å²) < 4.78 is 0.904. The lowest BCUT2D eigenvalue weighted by Gasteiger charge is -2.24. The van der Waals surface area contributed by atoms with Gasteiger partial charge in [0.1, 0.15) is 0 Å². The summed E-state index contributed by atoms with van der Waals surface area (Å²) >= 11 is 0. The van der Waals surface area contributed by atoms with E-state index in [1.165, 1.54) is 13.8 Å². The first-order valence-corrected chi connectivity index (χ1v) is 7.16. The van der Waals surface area contributed by atoms with Crippen molar-refractivity contribution < 1.29 is 26.5 Å². The minimum atomic E-state index is -0.0976. The normalized spacial score (nSPS) is 10.6. The van der Waals surface area contributed by atoms with Gasteiger partial charge in [-0.25, -0.2) is 0 Å². The van der Waals surface area contributed by atoms with Gasteiger partial charge >= 0.3 is 0 Å². The molecule has 0 fully saturated rings. The predicted octanol–water partition coefficient (Wildman–Crippen LogP) is -0.754. The molecule has 0 spiro atoms. The highest BCUT2D eigenvalue weighted by molar-refractivity contribution is 5.92. The van der Waals surface area contributed by atoms with Crippen LogP contribution in [-0.4, -0.2) is 44.0 Å². The molecule has 1 aromatic carbocycles. The van der Waals surface area contributed by atoms with Crippen molar-refractivity contribution in [1.82, 2.24) is 0 Å². The number of halogens is 1. The van der Waals surface area contributed by atoms with Crippen molar-refractivity contribution in [2.45, 2.75) is 26.7 Å². The Bertz CT molecular complexity index is 525. The smallest absolute Gasteiger partial charge is 0.221 e. The molecule has 5 nitrogen and oxygen atoms in total. The van der Waals surface area contributed by atoms with Crippen LogP contribution in [0.5, 0.6) is 0 Å². The Morgan fingerprint density at radius 3 is 2.14 bits per heavy atom. The highest BCUT2D eigenvalue weighted by atomic mass is 35.5. The molecular formula is C16H26ClN3O2. The summed E-state index contributed by atoms with van der Waals surface area (Å²) in [4.78, 5) is 22.4. The Kier molecular flexibility index (Phi) is 8.12. The topological polar surface area (TPSA) is 58.2 Å². The van der Waals surface area contributed by atoms with Crippen molar-refractivity contribution in [3.05, 3.63) is 23.8 Å². The van der Waals surface area contributed by atoms with E-state index in [0.29, 0.717) is 0 Å². The van der Waals surface area contributed by atoms with E-state index >= 15 is 0 Å². The van der Waals surface area contributed by atoms with Crippen LogP contribution in [0.2, 0.25) is 0 Å². The Morgan fingerprint density at radius 1 is 1.05 bits per heavy atom. The Hall–Kier alpha value is -1.59. The molecule has 0 aliphatic carbocycles. The van der Waals surface area contributed by atoms with Crippen molar-refractivity contribution in [2.24, 2.45) is 0 Å². The van der Waals surface area contributed by atoms with Crippen LogP contribution in [0.3, 0.4) is 0 Å². The number of nitrogens with zero attached hydrogens (tertiary/aromatic N) is 1. The molecule has 0 bridgehead atoms. The first kappa shape index (κ1) is 20.4. The number of amides is 2. The van der Waals surface area contributed by atoms with Crippen LogP contribution < -0.4 is 23.0 Å². The van der Waals surface area contributed by atoms with Crippen molar-refractivity contribution in [2.75, 3.05) is 38.3 Å². The van der Waals surface area contributed by atoms with Crippen LogP contribution in [-0.2, 0) is 16.0 Å². The molecule has 0 aromatic heterocycles. The number of quaternary nitrogens is 1. The third-order valence-corrected chi connectivity index (χ3v) is 3.01. The van der Waals surface area contributed by atoms with Gasteiger partial charge in [-0.3, -0.25) is 9.59 Å². The fourth-order valence-corrected chi connectivity index (χ4v) is 2.14.